The maximum Gasteiger partial charge on any atom is 0.135 e. The minimum atomic E-state index is 0.426. The van der Waals surface area contributed by atoms with Crippen LogP contribution in [0.15, 0.2) is 0 Å². The minimum absolute atomic E-state index is 0.426. The van der Waals surface area contributed by atoms with Gasteiger partial charge in [-0.2, -0.15) is 0 Å². The highest BCUT2D eigenvalue weighted by Gasteiger charge is 2.21. The van der Waals surface area contributed by atoms with Crippen LogP contribution < -0.4 is 0 Å². The number of carbonyl (C=O) groups is 1. The van der Waals surface area contributed by atoms with E-state index in [1.807, 2.05) is 0 Å². The van der Waals surface area contributed by atoms with Gasteiger partial charge in [0.15, 0.2) is 0 Å². The van der Waals surface area contributed by atoms with Crippen molar-refractivity contribution < 1.29 is 4.79 Å². The molecule has 1 rings (SSSR count). The van der Waals surface area contributed by atoms with Gasteiger partial charge in [0, 0.05) is 12.3 Å². The lowest BCUT2D eigenvalue weighted by Gasteiger charge is -1.98. The second-order valence-corrected chi connectivity index (χ2v) is 2.46. The molecule has 1 heteroatoms. The van der Waals surface area contributed by atoms with E-state index in [2.05, 4.69) is 6.92 Å². The fraction of sp³-hybridized carbons (Fsp3) is 0.857. The van der Waals surface area contributed by atoms with Crippen LogP contribution in [-0.4, -0.2) is 5.78 Å². The molecule has 0 bridgehead atoms. The molecule has 0 aliphatic heterocycles. The second-order valence-electron chi connectivity index (χ2n) is 2.46. The summed E-state index contributed by atoms with van der Waals surface area (Å²) >= 11 is 0. The molecule has 0 spiro atoms. The molecule has 0 radical (unpaired) electrons. The van der Waals surface area contributed by atoms with E-state index >= 15 is 0 Å². The monoisotopic (exact) mass is 112 g/mol. The Bertz CT molecular complexity index is 96.6. The van der Waals surface area contributed by atoms with Gasteiger partial charge < -0.3 is 0 Å². The third-order valence-corrected chi connectivity index (χ3v) is 1.92. The summed E-state index contributed by atoms with van der Waals surface area (Å²) in [6.45, 7) is 2.09. The standard InChI is InChI=1S/C7H12O/c1-2-6-4-3-5-7(6)8/h6H,2-5H2,1H3/t6-/m1/s1. The zero-order chi connectivity index (χ0) is 5.98. The topological polar surface area (TPSA) is 17.1 Å². The van der Waals surface area contributed by atoms with Crippen LogP contribution in [0.2, 0.25) is 0 Å². The summed E-state index contributed by atoms with van der Waals surface area (Å²) in [6.07, 6.45) is 4.18. The van der Waals surface area contributed by atoms with Crippen LogP contribution in [0, 0.1) is 5.92 Å². The summed E-state index contributed by atoms with van der Waals surface area (Å²) in [5.41, 5.74) is 0. The molecular weight excluding hydrogens is 100 g/mol. The molecule has 0 heterocycles. The van der Waals surface area contributed by atoms with E-state index in [0.717, 1.165) is 25.7 Å². The Morgan fingerprint density at radius 3 is 2.75 bits per heavy atom. The molecule has 0 aromatic carbocycles. The van der Waals surface area contributed by atoms with Crippen LogP contribution in [-0.2, 0) is 4.79 Å². The fourth-order valence-electron chi connectivity index (χ4n) is 1.32. The van der Waals surface area contributed by atoms with Crippen molar-refractivity contribution in [3.05, 3.63) is 0 Å². The molecule has 0 saturated heterocycles. The van der Waals surface area contributed by atoms with Crippen LogP contribution in [0.1, 0.15) is 32.6 Å². The van der Waals surface area contributed by atoms with Gasteiger partial charge in [-0.1, -0.05) is 6.92 Å². The summed E-state index contributed by atoms with van der Waals surface area (Å²) in [6, 6.07) is 0. The Kier molecular flexibility index (Phi) is 1.66. The van der Waals surface area contributed by atoms with E-state index in [9.17, 15) is 4.79 Å². The number of rotatable bonds is 1. The van der Waals surface area contributed by atoms with Crippen LogP contribution >= 0.6 is 0 Å². The molecule has 1 aliphatic rings. The van der Waals surface area contributed by atoms with Crippen LogP contribution in [0.25, 0.3) is 0 Å². The van der Waals surface area contributed by atoms with Crippen molar-refractivity contribution in [3.63, 3.8) is 0 Å². The fourth-order valence-corrected chi connectivity index (χ4v) is 1.32. The molecule has 8 heavy (non-hydrogen) atoms. The third-order valence-electron chi connectivity index (χ3n) is 1.92. The molecule has 1 fully saturated rings. The van der Waals surface area contributed by atoms with Crippen molar-refractivity contribution in [2.45, 2.75) is 32.6 Å². The second kappa shape index (κ2) is 2.29. The molecule has 0 unspecified atom stereocenters. The zero-order valence-electron chi connectivity index (χ0n) is 5.31. The van der Waals surface area contributed by atoms with Gasteiger partial charge in [-0.25, -0.2) is 0 Å². The largest absolute Gasteiger partial charge is 0.299 e. The molecule has 1 nitrogen and oxygen atoms in total. The number of Topliss-reactive ketones (excluding diaryl/α,β-unsaturated/α-hetero) is 1. The highest BCUT2D eigenvalue weighted by Crippen LogP contribution is 2.23. The molecule has 1 aliphatic carbocycles. The lowest BCUT2D eigenvalue weighted by molar-refractivity contribution is -0.120. The van der Waals surface area contributed by atoms with Gasteiger partial charge in [-0.15, -0.1) is 0 Å². The van der Waals surface area contributed by atoms with E-state index in [1.54, 1.807) is 0 Å². The maximum absolute atomic E-state index is 10.8. The maximum atomic E-state index is 10.8. The Morgan fingerprint density at radius 2 is 2.50 bits per heavy atom. The predicted molar refractivity (Wildman–Crippen MR) is 32.6 cm³/mol. The van der Waals surface area contributed by atoms with Gasteiger partial charge in [0.05, 0.1) is 0 Å². The van der Waals surface area contributed by atoms with Gasteiger partial charge in [0.2, 0.25) is 0 Å². The highest BCUT2D eigenvalue weighted by atomic mass is 16.1. The van der Waals surface area contributed by atoms with Crippen molar-refractivity contribution >= 4 is 5.78 Å². The van der Waals surface area contributed by atoms with Crippen molar-refractivity contribution in [2.75, 3.05) is 0 Å². The van der Waals surface area contributed by atoms with Crippen LogP contribution in [0.3, 0.4) is 0 Å². The Labute approximate surface area is 50.1 Å². The molecular formula is C7H12O. The van der Waals surface area contributed by atoms with Crippen molar-refractivity contribution in [1.29, 1.82) is 0 Å². The summed E-state index contributed by atoms with van der Waals surface area (Å²) in [5.74, 6) is 0.919. The summed E-state index contributed by atoms with van der Waals surface area (Å²) in [7, 11) is 0. The lowest BCUT2D eigenvalue weighted by atomic mass is 10.1. The molecule has 1 saturated carbocycles. The molecule has 0 amide bonds. The summed E-state index contributed by atoms with van der Waals surface area (Å²) < 4.78 is 0. The number of hydrogen-bond donors (Lipinski definition) is 0. The average Bonchev–Trinajstić information content (AvgIpc) is 2.14. The molecule has 1 atom stereocenters. The first-order chi connectivity index (χ1) is 3.84. The molecule has 0 N–H and O–H groups in total. The van der Waals surface area contributed by atoms with E-state index in [0.29, 0.717) is 11.7 Å². The first kappa shape index (κ1) is 5.80. The highest BCUT2D eigenvalue weighted by molar-refractivity contribution is 5.82. The Balaban J connectivity index is 2.42. The van der Waals surface area contributed by atoms with Crippen LogP contribution in [0.5, 0.6) is 0 Å². The Hall–Kier alpha value is -0.330. The number of hydrogen-bond acceptors (Lipinski definition) is 1. The molecule has 0 aromatic heterocycles. The van der Waals surface area contributed by atoms with E-state index in [1.165, 1.54) is 0 Å². The lowest BCUT2D eigenvalue weighted by Crippen LogP contribution is -2.03. The Morgan fingerprint density at radius 1 is 1.75 bits per heavy atom. The first-order valence-corrected chi connectivity index (χ1v) is 3.37. The van der Waals surface area contributed by atoms with Gasteiger partial charge in [0.25, 0.3) is 0 Å². The van der Waals surface area contributed by atoms with Crippen molar-refractivity contribution in [3.8, 4) is 0 Å². The summed E-state index contributed by atoms with van der Waals surface area (Å²) in [4.78, 5) is 10.8. The van der Waals surface area contributed by atoms with Crippen molar-refractivity contribution in [2.24, 2.45) is 5.92 Å². The predicted octanol–water partition coefficient (Wildman–Crippen LogP) is 1.77. The number of ketones is 1. The quantitative estimate of drug-likeness (QED) is 0.505. The normalized spacial score (nSPS) is 29.1. The van der Waals surface area contributed by atoms with E-state index in [4.69, 9.17) is 0 Å². The van der Waals surface area contributed by atoms with Gasteiger partial charge in [0.1, 0.15) is 5.78 Å². The van der Waals surface area contributed by atoms with E-state index < -0.39 is 0 Å². The van der Waals surface area contributed by atoms with Gasteiger partial charge in [-0.05, 0) is 19.3 Å². The van der Waals surface area contributed by atoms with Crippen molar-refractivity contribution in [1.82, 2.24) is 0 Å². The minimum Gasteiger partial charge on any atom is -0.299 e. The van der Waals surface area contributed by atoms with Gasteiger partial charge >= 0.3 is 0 Å². The average molecular weight is 112 g/mol. The molecule has 46 valence electrons. The van der Waals surface area contributed by atoms with E-state index in [-0.39, 0.29) is 0 Å². The summed E-state index contributed by atoms with van der Waals surface area (Å²) in [5, 5.41) is 0. The van der Waals surface area contributed by atoms with Gasteiger partial charge in [-0.3, -0.25) is 4.79 Å². The van der Waals surface area contributed by atoms with Crippen LogP contribution in [0.4, 0.5) is 0 Å². The number of carbonyl (C=O) groups excluding carboxylic acids is 1. The smallest absolute Gasteiger partial charge is 0.135 e. The third kappa shape index (κ3) is 0.908. The first-order valence-electron chi connectivity index (χ1n) is 3.37. The molecule has 0 aromatic rings. The zero-order valence-corrected chi connectivity index (χ0v) is 5.31. The SMILES string of the molecule is CC[C@@H]1CCCC1=O.